The topological polar surface area (TPSA) is 53.4 Å². The molecule has 0 radical (unpaired) electrons. The number of rotatable bonds is 2. The summed E-state index contributed by atoms with van der Waals surface area (Å²) in [6.45, 7) is 0.0426. The molecule has 0 aliphatic rings. The molecule has 3 rings (SSSR count). The van der Waals surface area contributed by atoms with E-state index in [9.17, 15) is 5.11 Å². The van der Waals surface area contributed by atoms with Gasteiger partial charge in [-0.15, -0.1) is 11.3 Å². The minimum atomic E-state index is 0.0426. The summed E-state index contributed by atoms with van der Waals surface area (Å²) >= 11 is 1.54. The van der Waals surface area contributed by atoms with E-state index < -0.39 is 0 Å². The van der Waals surface area contributed by atoms with Gasteiger partial charge in [-0.25, -0.2) is 4.98 Å². The number of para-hydroxylation sites is 1. The molecule has 0 fully saturated rings. The van der Waals surface area contributed by atoms with Crippen molar-refractivity contribution in [3.63, 3.8) is 0 Å². The molecule has 4 heteroatoms. The molecule has 2 aromatic carbocycles. The van der Waals surface area contributed by atoms with Crippen molar-refractivity contribution in [3.8, 4) is 16.3 Å². The van der Waals surface area contributed by atoms with Crippen LogP contribution in [0.1, 0.15) is 5.56 Å². The number of phenols is 1. The summed E-state index contributed by atoms with van der Waals surface area (Å²) in [4.78, 5) is 4.44. The largest absolute Gasteiger partial charge is 0.506 e. The fourth-order valence-corrected chi connectivity index (χ4v) is 2.80. The molecule has 0 aliphatic heterocycles. The van der Waals surface area contributed by atoms with Crippen LogP contribution in [0, 0.1) is 0 Å². The molecular weight excluding hydrogens is 246 g/mol. The lowest BCUT2D eigenvalue weighted by Gasteiger charge is -1.98. The Morgan fingerprint density at radius 3 is 2.50 bits per heavy atom. The van der Waals surface area contributed by atoms with Crippen molar-refractivity contribution in [2.45, 2.75) is 6.61 Å². The number of phenolic OH excluding ortho intramolecular Hbond substituents is 1. The molecule has 0 atom stereocenters. The highest BCUT2D eigenvalue weighted by Gasteiger charge is 2.08. The number of aliphatic hydroxyl groups is 1. The fourth-order valence-electron chi connectivity index (χ4n) is 1.81. The van der Waals surface area contributed by atoms with Gasteiger partial charge in [0, 0.05) is 5.56 Å². The lowest BCUT2D eigenvalue weighted by atomic mass is 10.1. The van der Waals surface area contributed by atoms with Gasteiger partial charge in [-0.05, 0) is 17.7 Å². The first-order chi connectivity index (χ1) is 8.78. The number of aromatic hydroxyl groups is 1. The second-order valence-electron chi connectivity index (χ2n) is 4.00. The highest BCUT2D eigenvalue weighted by Crippen LogP contribution is 2.34. The van der Waals surface area contributed by atoms with E-state index in [1.165, 1.54) is 0 Å². The van der Waals surface area contributed by atoms with E-state index in [1.807, 2.05) is 36.4 Å². The molecule has 1 aromatic heterocycles. The van der Waals surface area contributed by atoms with Crippen LogP contribution in [0.15, 0.2) is 42.5 Å². The third-order valence-corrected chi connectivity index (χ3v) is 3.85. The molecule has 3 aromatic rings. The Balaban J connectivity index is 2.10. The van der Waals surface area contributed by atoms with E-state index >= 15 is 0 Å². The highest BCUT2D eigenvalue weighted by atomic mass is 32.1. The summed E-state index contributed by atoms with van der Waals surface area (Å²) in [6, 6.07) is 13.0. The molecule has 0 bridgehead atoms. The molecule has 90 valence electrons. The van der Waals surface area contributed by atoms with Crippen LogP contribution in [0.4, 0.5) is 0 Å². The van der Waals surface area contributed by atoms with E-state index in [4.69, 9.17) is 5.11 Å². The van der Waals surface area contributed by atoms with Crippen molar-refractivity contribution < 1.29 is 10.2 Å². The molecule has 3 nitrogen and oxygen atoms in total. The van der Waals surface area contributed by atoms with Gasteiger partial charge in [-0.1, -0.05) is 30.3 Å². The molecule has 2 N–H and O–H groups in total. The lowest BCUT2D eigenvalue weighted by Crippen LogP contribution is -1.82. The van der Waals surface area contributed by atoms with Gasteiger partial charge in [0.1, 0.15) is 16.3 Å². The number of aliphatic hydroxyl groups excluding tert-OH is 1. The lowest BCUT2D eigenvalue weighted by molar-refractivity contribution is 0.282. The number of thiazole rings is 1. The Bertz CT molecular complexity index is 689. The Morgan fingerprint density at radius 1 is 1.06 bits per heavy atom. The molecule has 0 saturated carbocycles. The maximum Gasteiger partial charge on any atom is 0.142 e. The van der Waals surface area contributed by atoms with E-state index in [-0.39, 0.29) is 12.4 Å². The standard InChI is InChI=1S/C14H11NO2S/c16-8-9-4-6-10(7-5-9)14-15-13-11(17)2-1-3-12(13)18-14/h1-7,16-17H,8H2. The van der Waals surface area contributed by atoms with Gasteiger partial charge in [-0.3, -0.25) is 0 Å². The molecule has 18 heavy (non-hydrogen) atoms. The Morgan fingerprint density at radius 2 is 1.83 bits per heavy atom. The fraction of sp³-hybridized carbons (Fsp3) is 0.0714. The van der Waals surface area contributed by atoms with E-state index in [0.29, 0.717) is 5.52 Å². The smallest absolute Gasteiger partial charge is 0.142 e. The van der Waals surface area contributed by atoms with Crippen LogP contribution in [0.25, 0.3) is 20.8 Å². The van der Waals surface area contributed by atoms with Gasteiger partial charge < -0.3 is 10.2 Å². The van der Waals surface area contributed by atoms with Crippen molar-refractivity contribution in [3.05, 3.63) is 48.0 Å². The summed E-state index contributed by atoms with van der Waals surface area (Å²) in [5.74, 6) is 0.210. The molecule has 0 amide bonds. The average molecular weight is 257 g/mol. The monoisotopic (exact) mass is 257 g/mol. The van der Waals surface area contributed by atoms with Gasteiger partial charge in [0.2, 0.25) is 0 Å². The first kappa shape index (κ1) is 11.2. The van der Waals surface area contributed by atoms with Crippen LogP contribution in [0.5, 0.6) is 5.75 Å². The molecule has 1 heterocycles. The Labute approximate surface area is 108 Å². The number of fused-ring (bicyclic) bond motifs is 1. The molecule has 0 saturated heterocycles. The molecule has 0 spiro atoms. The molecule has 0 aliphatic carbocycles. The van der Waals surface area contributed by atoms with Crippen molar-refractivity contribution in [1.82, 2.24) is 4.98 Å². The average Bonchev–Trinajstić information content (AvgIpc) is 2.84. The number of aromatic nitrogens is 1. The van der Waals surface area contributed by atoms with Gasteiger partial charge in [0.05, 0.1) is 11.3 Å². The third-order valence-electron chi connectivity index (χ3n) is 2.78. The van der Waals surface area contributed by atoms with Crippen molar-refractivity contribution in [1.29, 1.82) is 0 Å². The normalized spacial score (nSPS) is 10.9. The van der Waals surface area contributed by atoms with Gasteiger partial charge in [-0.2, -0.15) is 0 Å². The third kappa shape index (κ3) is 1.85. The number of hydrogen-bond acceptors (Lipinski definition) is 4. The zero-order valence-corrected chi connectivity index (χ0v) is 10.3. The number of benzene rings is 2. The predicted octanol–water partition coefficient (Wildman–Crippen LogP) is 3.16. The van der Waals surface area contributed by atoms with Crippen LogP contribution < -0.4 is 0 Å². The predicted molar refractivity (Wildman–Crippen MR) is 72.6 cm³/mol. The molecular formula is C14H11NO2S. The second-order valence-corrected chi connectivity index (χ2v) is 5.03. The van der Waals surface area contributed by atoms with Crippen LogP contribution in [0.2, 0.25) is 0 Å². The maximum atomic E-state index is 9.72. The van der Waals surface area contributed by atoms with Gasteiger partial charge in [0.25, 0.3) is 0 Å². The summed E-state index contributed by atoms with van der Waals surface area (Å²) in [6.07, 6.45) is 0. The SMILES string of the molecule is OCc1ccc(-c2nc3c(O)cccc3s2)cc1. The van der Waals surface area contributed by atoms with E-state index in [2.05, 4.69) is 4.98 Å². The summed E-state index contributed by atoms with van der Waals surface area (Å²) in [7, 11) is 0. The quantitative estimate of drug-likeness (QED) is 0.741. The first-order valence-electron chi connectivity index (χ1n) is 5.56. The number of hydrogen-bond donors (Lipinski definition) is 2. The summed E-state index contributed by atoms with van der Waals surface area (Å²) in [5.41, 5.74) is 2.51. The van der Waals surface area contributed by atoms with E-state index in [1.54, 1.807) is 17.4 Å². The zero-order chi connectivity index (χ0) is 12.5. The van der Waals surface area contributed by atoms with E-state index in [0.717, 1.165) is 20.8 Å². The number of nitrogens with zero attached hydrogens (tertiary/aromatic N) is 1. The summed E-state index contributed by atoms with van der Waals surface area (Å²) in [5, 5.41) is 19.6. The van der Waals surface area contributed by atoms with Crippen LogP contribution >= 0.6 is 11.3 Å². The van der Waals surface area contributed by atoms with Crippen molar-refractivity contribution >= 4 is 21.6 Å². The minimum Gasteiger partial charge on any atom is -0.506 e. The minimum absolute atomic E-state index is 0.0426. The first-order valence-corrected chi connectivity index (χ1v) is 6.38. The highest BCUT2D eigenvalue weighted by molar-refractivity contribution is 7.21. The Kier molecular flexibility index (Phi) is 2.74. The second kappa shape index (κ2) is 4.40. The van der Waals surface area contributed by atoms with Gasteiger partial charge >= 0.3 is 0 Å². The van der Waals surface area contributed by atoms with Crippen LogP contribution in [-0.2, 0) is 6.61 Å². The Hall–Kier alpha value is -1.91. The van der Waals surface area contributed by atoms with Crippen LogP contribution in [0.3, 0.4) is 0 Å². The van der Waals surface area contributed by atoms with Gasteiger partial charge in [0.15, 0.2) is 0 Å². The molecule has 0 unspecified atom stereocenters. The summed E-state index contributed by atoms with van der Waals surface area (Å²) < 4.78 is 0.969. The zero-order valence-electron chi connectivity index (χ0n) is 9.50. The van der Waals surface area contributed by atoms with Crippen LogP contribution in [-0.4, -0.2) is 15.2 Å². The van der Waals surface area contributed by atoms with Crippen molar-refractivity contribution in [2.75, 3.05) is 0 Å². The van der Waals surface area contributed by atoms with Crippen molar-refractivity contribution in [2.24, 2.45) is 0 Å². The maximum absolute atomic E-state index is 9.72.